The summed E-state index contributed by atoms with van der Waals surface area (Å²) in [5.74, 6) is 0. The molecule has 0 bridgehead atoms. The van der Waals surface area contributed by atoms with Gasteiger partial charge in [0.25, 0.3) is 0 Å². The molecule has 2 aromatic carbocycles. The number of hydrogen-bond acceptors (Lipinski definition) is 1. The molecule has 1 aromatic heterocycles. The van der Waals surface area contributed by atoms with E-state index in [1.165, 1.54) is 125 Å². The molecule has 0 amide bonds. The highest BCUT2D eigenvalue weighted by Gasteiger charge is 2.43. The maximum atomic E-state index is 2.48. The maximum absolute atomic E-state index is 2.48. The lowest BCUT2D eigenvalue weighted by Crippen LogP contribution is -2.33. The van der Waals surface area contributed by atoms with E-state index in [-0.39, 0.29) is 15.8 Å². The largest absolute Gasteiger partial charge is 0.134 e. The third-order valence-corrected chi connectivity index (χ3v) is 19.8. The number of rotatable bonds is 8. The lowest BCUT2D eigenvalue weighted by atomic mass is 10.1. The van der Waals surface area contributed by atoms with Gasteiger partial charge in [-0.05, 0) is 99.0 Å². The van der Waals surface area contributed by atoms with Crippen LogP contribution in [-0.4, -0.2) is 22.6 Å². The van der Waals surface area contributed by atoms with Gasteiger partial charge in [-0.25, -0.2) is 0 Å². The minimum atomic E-state index is -0.141. The Hall–Kier alpha value is -1.00. The van der Waals surface area contributed by atoms with Crippen LogP contribution in [0, 0.1) is 13.8 Å². The Bertz CT molecular complexity index is 1150. The highest BCUT2D eigenvalue weighted by Crippen LogP contribution is 2.64. The lowest BCUT2D eigenvalue weighted by Gasteiger charge is -2.37. The van der Waals surface area contributed by atoms with Crippen LogP contribution in [-0.2, 0) is 0 Å². The van der Waals surface area contributed by atoms with Crippen LogP contribution in [0.5, 0.6) is 0 Å². The number of hydrogen-bond donors (Lipinski definition) is 0. The fraction of sp³-hybridized carbons (Fsp3) is 0.579. The normalized spacial score (nSPS) is 21.4. The van der Waals surface area contributed by atoms with Crippen LogP contribution in [0.2, 0.25) is 0 Å². The molecule has 4 aliphatic carbocycles. The Labute approximate surface area is 256 Å². The van der Waals surface area contributed by atoms with Crippen molar-refractivity contribution in [3.63, 3.8) is 0 Å². The molecule has 1 heterocycles. The monoisotopic (exact) mass is 600 g/mol. The summed E-state index contributed by atoms with van der Waals surface area (Å²) in [4.78, 5) is 3.40. The van der Waals surface area contributed by atoms with Gasteiger partial charge < -0.3 is 0 Å². The molecule has 7 rings (SSSR count). The van der Waals surface area contributed by atoms with E-state index < -0.39 is 0 Å². The summed E-state index contributed by atoms with van der Waals surface area (Å²) in [6.45, 7) is 4.51. The smallest absolute Gasteiger partial charge is 0.0433 e. The molecule has 0 saturated heterocycles. The molecule has 41 heavy (non-hydrogen) atoms. The molecule has 3 aromatic rings. The topological polar surface area (TPSA) is 0 Å². The van der Waals surface area contributed by atoms with Crippen LogP contribution in [0.3, 0.4) is 0 Å². The van der Waals surface area contributed by atoms with Crippen molar-refractivity contribution in [2.45, 2.75) is 139 Å². The van der Waals surface area contributed by atoms with Crippen molar-refractivity contribution >= 4 is 37.8 Å². The summed E-state index contributed by atoms with van der Waals surface area (Å²) in [7, 11) is -0.282. The number of benzene rings is 2. The van der Waals surface area contributed by atoms with Crippen LogP contribution in [0.1, 0.15) is 114 Å². The molecule has 3 heteroatoms. The molecule has 4 fully saturated rings. The van der Waals surface area contributed by atoms with E-state index in [9.17, 15) is 0 Å². The van der Waals surface area contributed by atoms with Gasteiger partial charge in [0.1, 0.15) is 0 Å². The van der Waals surface area contributed by atoms with E-state index in [0.717, 1.165) is 22.6 Å². The van der Waals surface area contributed by atoms with Crippen molar-refractivity contribution in [1.82, 2.24) is 0 Å². The molecule has 0 aliphatic heterocycles. The summed E-state index contributed by atoms with van der Waals surface area (Å²) in [6, 6.07) is 19.5. The van der Waals surface area contributed by atoms with Crippen LogP contribution < -0.4 is 10.6 Å². The molecule has 0 spiro atoms. The molecular weight excluding hydrogens is 550 g/mol. The molecule has 0 nitrogen and oxygen atoms in total. The average molecular weight is 601 g/mol. The molecule has 218 valence electrons. The second kappa shape index (κ2) is 12.9. The fourth-order valence-electron chi connectivity index (χ4n) is 8.75. The van der Waals surface area contributed by atoms with Crippen LogP contribution in [0.15, 0.2) is 48.5 Å². The van der Waals surface area contributed by atoms with Crippen molar-refractivity contribution in [3.05, 3.63) is 59.7 Å². The van der Waals surface area contributed by atoms with E-state index in [1.807, 2.05) is 10.6 Å². The molecule has 4 saturated carbocycles. The summed E-state index contributed by atoms with van der Waals surface area (Å²) >= 11 is 2.23. The first kappa shape index (κ1) is 28.8. The number of aryl methyl sites for hydroxylation is 2. The zero-order valence-corrected chi connectivity index (χ0v) is 28.1. The predicted octanol–water partition coefficient (Wildman–Crippen LogP) is 11.7. The summed E-state index contributed by atoms with van der Waals surface area (Å²) < 4.78 is 0. The molecule has 0 radical (unpaired) electrons. The fourth-order valence-corrected chi connectivity index (χ4v) is 19.4. The highest BCUT2D eigenvalue weighted by atomic mass is 32.1. The van der Waals surface area contributed by atoms with Gasteiger partial charge in [-0.3, -0.25) is 0 Å². The molecule has 0 atom stereocenters. The van der Waals surface area contributed by atoms with E-state index in [0.29, 0.717) is 0 Å². The van der Waals surface area contributed by atoms with Crippen molar-refractivity contribution in [1.29, 1.82) is 0 Å². The Morgan fingerprint density at radius 3 is 0.976 bits per heavy atom. The van der Waals surface area contributed by atoms with Crippen LogP contribution in [0.4, 0.5) is 0 Å². The zero-order chi connectivity index (χ0) is 27.8. The van der Waals surface area contributed by atoms with Crippen molar-refractivity contribution in [2.24, 2.45) is 0 Å². The van der Waals surface area contributed by atoms with Crippen LogP contribution in [0.25, 0.3) is 20.9 Å². The Morgan fingerprint density at radius 2 is 0.707 bits per heavy atom. The lowest BCUT2D eigenvalue weighted by molar-refractivity contribution is 0.833. The molecule has 0 unspecified atom stereocenters. The Morgan fingerprint density at radius 1 is 0.439 bits per heavy atom. The van der Waals surface area contributed by atoms with Gasteiger partial charge in [-0.1, -0.05) is 127 Å². The van der Waals surface area contributed by atoms with Crippen molar-refractivity contribution < 1.29 is 0 Å². The van der Waals surface area contributed by atoms with E-state index in [4.69, 9.17) is 0 Å². The first-order valence-corrected chi connectivity index (χ1v) is 20.8. The van der Waals surface area contributed by atoms with E-state index in [1.54, 1.807) is 9.75 Å². The SMILES string of the molecule is Cc1ccc(-c2sc(-c3ccc(C)cc3)c(P(C3CCCC3)C3CCCC3)c2P(C2CCCC2)C2CCCC2)cc1. The highest BCUT2D eigenvalue weighted by molar-refractivity contribution is 7.75. The first-order chi connectivity index (χ1) is 20.2. The van der Waals surface area contributed by atoms with Gasteiger partial charge in [0, 0.05) is 20.4 Å². The second-order valence-electron chi connectivity index (χ2n) is 13.8. The summed E-state index contributed by atoms with van der Waals surface area (Å²) in [5, 5.41) is 3.93. The van der Waals surface area contributed by atoms with Gasteiger partial charge in [-0.15, -0.1) is 11.3 Å². The standard InChI is InChI=1S/C38H50P2S/c1-27-19-23-29(24-20-27)37-35(39(31-11-3-4-12-31)32-13-5-6-14-32)36(38(41-37)30-25-21-28(2)22-26-30)40(33-15-7-8-16-33)34-17-9-10-18-34/h19-26,31-34H,3-18H2,1-2H3. The summed E-state index contributed by atoms with van der Waals surface area (Å²) in [5.41, 5.74) is 9.65. The molecule has 0 N–H and O–H groups in total. The third kappa shape index (κ3) is 5.92. The Balaban J connectivity index is 1.51. The second-order valence-corrected chi connectivity index (χ2v) is 20.2. The minimum Gasteiger partial charge on any atom is -0.134 e. The van der Waals surface area contributed by atoms with Gasteiger partial charge in [0.05, 0.1) is 0 Å². The molecular formula is C38H50P2S. The predicted molar refractivity (Wildman–Crippen MR) is 187 cm³/mol. The minimum absolute atomic E-state index is 0.141. The van der Waals surface area contributed by atoms with Gasteiger partial charge in [-0.2, -0.15) is 0 Å². The maximum Gasteiger partial charge on any atom is 0.0433 e. The van der Waals surface area contributed by atoms with E-state index >= 15 is 0 Å². The van der Waals surface area contributed by atoms with E-state index in [2.05, 4.69) is 73.7 Å². The van der Waals surface area contributed by atoms with Crippen molar-refractivity contribution in [2.75, 3.05) is 0 Å². The quantitative estimate of drug-likeness (QED) is 0.226. The number of thiophene rings is 1. The zero-order valence-electron chi connectivity index (χ0n) is 25.5. The van der Waals surface area contributed by atoms with Crippen molar-refractivity contribution in [3.8, 4) is 20.9 Å². The summed E-state index contributed by atoms with van der Waals surface area (Å²) in [6.07, 6.45) is 23.7. The Kier molecular flexibility index (Phi) is 9.07. The molecule has 4 aliphatic rings. The van der Waals surface area contributed by atoms with Gasteiger partial charge >= 0.3 is 0 Å². The third-order valence-electron chi connectivity index (χ3n) is 10.9. The first-order valence-electron chi connectivity index (χ1n) is 17.0. The van der Waals surface area contributed by atoms with Gasteiger partial charge in [0.15, 0.2) is 0 Å². The van der Waals surface area contributed by atoms with Gasteiger partial charge in [0.2, 0.25) is 0 Å². The van der Waals surface area contributed by atoms with Crippen LogP contribution >= 0.6 is 27.2 Å². The average Bonchev–Trinajstić information content (AvgIpc) is 3.83.